The van der Waals surface area contributed by atoms with Gasteiger partial charge in [0, 0.05) is 29.1 Å². The van der Waals surface area contributed by atoms with E-state index in [1.807, 2.05) is 12.1 Å². The van der Waals surface area contributed by atoms with E-state index in [0.29, 0.717) is 27.6 Å². The zero-order valence-corrected chi connectivity index (χ0v) is 15.9. The Kier molecular flexibility index (Phi) is 3.90. The fourth-order valence-corrected chi connectivity index (χ4v) is 4.08. The standard InChI is InChI=1S/C25H14F2N2O/c1-29-21-12-11-17(18-3-2-4-20(22(18)21)25(29)30)19-10-9-16(23(26)24(19)27)15-7-5-14(13-28)6-8-15/h2-12H,1H3. The van der Waals surface area contributed by atoms with Crippen molar-refractivity contribution >= 4 is 22.4 Å². The Balaban J connectivity index is 1.69. The van der Waals surface area contributed by atoms with Crippen LogP contribution in [0.2, 0.25) is 0 Å². The summed E-state index contributed by atoms with van der Waals surface area (Å²) in [5.41, 5.74) is 3.04. The van der Waals surface area contributed by atoms with Crippen LogP contribution in [-0.2, 0) is 0 Å². The van der Waals surface area contributed by atoms with Gasteiger partial charge in [-0.15, -0.1) is 0 Å². The monoisotopic (exact) mass is 396 g/mol. The van der Waals surface area contributed by atoms with Crippen LogP contribution < -0.4 is 4.90 Å². The van der Waals surface area contributed by atoms with Crippen LogP contribution in [0.1, 0.15) is 15.9 Å². The van der Waals surface area contributed by atoms with Crippen molar-refractivity contribution in [3.05, 3.63) is 89.5 Å². The van der Waals surface area contributed by atoms with E-state index >= 15 is 8.78 Å². The zero-order valence-electron chi connectivity index (χ0n) is 15.9. The van der Waals surface area contributed by atoms with Crippen molar-refractivity contribution in [3.8, 4) is 28.3 Å². The number of benzene rings is 4. The van der Waals surface area contributed by atoms with Gasteiger partial charge in [-0.1, -0.05) is 42.5 Å². The van der Waals surface area contributed by atoms with Gasteiger partial charge in [0.2, 0.25) is 0 Å². The number of halogens is 2. The van der Waals surface area contributed by atoms with Crippen molar-refractivity contribution in [1.82, 2.24) is 0 Å². The minimum atomic E-state index is -0.950. The van der Waals surface area contributed by atoms with Gasteiger partial charge in [-0.2, -0.15) is 5.26 Å². The second-order valence-electron chi connectivity index (χ2n) is 7.20. The van der Waals surface area contributed by atoms with E-state index in [1.54, 1.807) is 66.5 Å². The fourth-order valence-electron chi connectivity index (χ4n) is 4.08. The third-order valence-corrected chi connectivity index (χ3v) is 5.61. The minimum absolute atomic E-state index is 0.115. The summed E-state index contributed by atoms with van der Waals surface area (Å²) >= 11 is 0. The van der Waals surface area contributed by atoms with E-state index in [2.05, 4.69) is 0 Å². The molecule has 0 aromatic heterocycles. The van der Waals surface area contributed by atoms with Crippen LogP contribution in [0.15, 0.2) is 66.7 Å². The van der Waals surface area contributed by atoms with Crippen LogP contribution in [0.4, 0.5) is 14.5 Å². The number of hydrogen-bond donors (Lipinski definition) is 0. The number of rotatable bonds is 2. The molecular weight excluding hydrogens is 382 g/mol. The molecule has 1 aliphatic rings. The Hall–Kier alpha value is -4.04. The van der Waals surface area contributed by atoms with E-state index in [-0.39, 0.29) is 17.0 Å². The molecule has 1 aliphatic heterocycles. The number of amides is 1. The average molecular weight is 396 g/mol. The molecule has 30 heavy (non-hydrogen) atoms. The molecule has 0 aliphatic carbocycles. The second kappa shape index (κ2) is 6.50. The number of anilines is 1. The molecule has 5 rings (SSSR count). The van der Waals surface area contributed by atoms with Gasteiger partial charge in [0.25, 0.3) is 5.91 Å². The summed E-state index contributed by atoms with van der Waals surface area (Å²) < 4.78 is 30.2. The smallest absolute Gasteiger partial charge is 0.258 e. The van der Waals surface area contributed by atoms with E-state index in [4.69, 9.17) is 5.26 Å². The highest BCUT2D eigenvalue weighted by Gasteiger charge is 2.28. The summed E-state index contributed by atoms with van der Waals surface area (Å²) in [6, 6.07) is 20.2. The molecule has 0 unspecified atom stereocenters. The highest BCUT2D eigenvalue weighted by atomic mass is 19.2. The van der Waals surface area contributed by atoms with Crippen LogP contribution in [-0.4, -0.2) is 13.0 Å². The first-order valence-electron chi connectivity index (χ1n) is 9.34. The lowest BCUT2D eigenvalue weighted by atomic mass is 9.93. The SMILES string of the molecule is CN1C(=O)c2cccc3c(-c4ccc(-c5ccc(C#N)cc5)c(F)c4F)ccc1c23. The van der Waals surface area contributed by atoms with Crippen LogP contribution in [0.5, 0.6) is 0 Å². The molecule has 0 N–H and O–H groups in total. The van der Waals surface area contributed by atoms with Crippen molar-refractivity contribution in [2.75, 3.05) is 11.9 Å². The van der Waals surface area contributed by atoms with Crippen molar-refractivity contribution in [3.63, 3.8) is 0 Å². The number of hydrogen-bond acceptors (Lipinski definition) is 2. The normalized spacial score (nSPS) is 12.5. The lowest BCUT2D eigenvalue weighted by molar-refractivity contribution is 0.0999. The maximum atomic E-state index is 15.2. The van der Waals surface area contributed by atoms with E-state index in [1.165, 1.54) is 6.07 Å². The lowest BCUT2D eigenvalue weighted by Gasteiger charge is -2.14. The van der Waals surface area contributed by atoms with Crippen molar-refractivity contribution in [2.24, 2.45) is 0 Å². The maximum absolute atomic E-state index is 15.2. The molecule has 0 saturated carbocycles. The van der Waals surface area contributed by atoms with Crippen molar-refractivity contribution in [1.29, 1.82) is 5.26 Å². The summed E-state index contributed by atoms with van der Waals surface area (Å²) in [5, 5.41) is 10.4. The molecule has 1 amide bonds. The van der Waals surface area contributed by atoms with Gasteiger partial charge in [0.1, 0.15) is 0 Å². The summed E-state index contributed by atoms with van der Waals surface area (Å²) in [5.74, 6) is -2.01. The molecule has 3 nitrogen and oxygen atoms in total. The molecule has 0 saturated heterocycles. The highest BCUT2D eigenvalue weighted by molar-refractivity contribution is 6.26. The first-order chi connectivity index (χ1) is 14.5. The Morgan fingerprint density at radius 1 is 0.800 bits per heavy atom. The molecule has 1 heterocycles. The molecule has 0 atom stereocenters. The largest absolute Gasteiger partial charge is 0.311 e. The topological polar surface area (TPSA) is 44.1 Å². The minimum Gasteiger partial charge on any atom is -0.311 e. The molecule has 144 valence electrons. The second-order valence-corrected chi connectivity index (χ2v) is 7.20. The van der Waals surface area contributed by atoms with Crippen molar-refractivity contribution < 1.29 is 13.6 Å². The summed E-state index contributed by atoms with van der Waals surface area (Å²) in [4.78, 5) is 14.0. The predicted molar refractivity (Wildman–Crippen MR) is 112 cm³/mol. The van der Waals surface area contributed by atoms with Gasteiger partial charge in [-0.3, -0.25) is 4.79 Å². The van der Waals surface area contributed by atoms with E-state index < -0.39 is 11.6 Å². The molecule has 0 fully saturated rings. The van der Waals surface area contributed by atoms with Gasteiger partial charge < -0.3 is 4.90 Å². The van der Waals surface area contributed by atoms with Crippen molar-refractivity contribution in [2.45, 2.75) is 0 Å². The summed E-state index contributed by atoms with van der Waals surface area (Å²) in [7, 11) is 1.70. The van der Waals surface area contributed by atoms with E-state index in [0.717, 1.165) is 11.1 Å². The Morgan fingerprint density at radius 3 is 2.20 bits per heavy atom. The first-order valence-corrected chi connectivity index (χ1v) is 9.34. The lowest BCUT2D eigenvalue weighted by Crippen LogP contribution is -2.20. The third-order valence-electron chi connectivity index (χ3n) is 5.61. The van der Waals surface area contributed by atoms with Crippen LogP contribution in [0.3, 0.4) is 0 Å². The molecule has 4 aromatic rings. The Bertz CT molecular complexity index is 1400. The summed E-state index contributed by atoms with van der Waals surface area (Å²) in [6.45, 7) is 0. The molecule has 0 spiro atoms. The quantitative estimate of drug-likeness (QED) is 0.423. The Labute approximate surface area is 171 Å². The highest BCUT2D eigenvalue weighted by Crippen LogP contribution is 2.42. The van der Waals surface area contributed by atoms with Gasteiger partial charge in [-0.25, -0.2) is 8.78 Å². The number of nitrogens with zero attached hydrogens (tertiary/aromatic N) is 2. The number of nitriles is 1. The van der Waals surface area contributed by atoms with Gasteiger partial charge in [-0.05, 0) is 40.8 Å². The van der Waals surface area contributed by atoms with Gasteiger partial charge in [0.05, 0.1) is 17.3 Å². The molecule has 5 heteroatoms. The Morgan fingerprint density at radius 2 is 1.47 bits per heavy atom. The zero-order chi connectivity index (χ0) is 21.0. The molecule has 4 aromatic carbocycles. The van der Waals surface area contributed by atoms with E-state index in [9.17, 15) is 4.79 Å². The van der Waals surface area contributed by atoms with Crippen LogP contribution in [0.25, 0.3) is 33.0 Å². The number of carbonyl (C=O) groups excluding carboxylic acids is 1. The average Bonchev–Trinajstić information content (AvgIpc) is 3.03. The maximum Gasteiger partial charge on any atom is 0.258 e. The predicted octanol–water partition coefficient (Wildman–Crippen LogP) is 5.91. The van der Waals surface area contributed by atoms with Gasteiger partial charge >= 0.3 is 0 Å². The van der Waals surface area contributed by atoms with Crippen LogP contribution in [0, 0.1) is 23.0 Å². The number of carbonyl (C=O) groups is 1. The third kappa shape index (κ3) is 2.44. The molecule has 0 radical (unpaired) electrons. The summed E-state index contributed by atoms with van der Waals surface area (Å²) in [6.07, 6.45) is 0. The van der Waals surface area contributed by atoms with Crippen LogP contribution >= 0.6 is 0 Å². The van der Waals surface area contributed by atoms with Gasteiger partial charge in [0.15, 0.2) is 11.6 Å². The molecule has 0 bridgehead atoms. The fraction of sp³-hybridized carbons (Fsp3) is 0.0400. The molecular formula is C25H14F2N2O. The first kappa shape index (κ1) is 18.0.